The zero-order valence-corrected chi connectivity index (χ0v) is 22.9. The van der Waals surface area contributed by atoms with Gasteiger partial charge in [0, 0.05) is 37.4 Å². The van der Waals surface area contributed by atoms with Crippen molar-refractivity contribution in [3.05, 3.63) is 59.7 Å². The normalized spacial score (nSPS) is 12.7. The average molecular weight is 583 g/mol. The summed E-state index contributed by atoms with van der Waals surface area (Å²) in [5, 5.41) is 12.4. The Kier molecular flexibility index (Phi) is 13.7. The number of benzene rings is 2. The van der Waals surface area contributed by atoms with Crippen LogP contribution in [-0.4, -0.2) is 85.4 Å². The fourth-order valence-electron chi connectivity index (χ4n) is 3.61. The third-order valence-corrected chi connectivity index (χ3v) is 5.47. The van der Waals surface area contributed by atoms with Gasteiger partial charge in [0.2, 0.25) is 5.91 Å². The summed E-state index contributed by atoms with van der Waals surface area (Å²) in [5.74, 6) is -1.38. The number of anilines is 1. The van der Waals surface area contributed by atoms with Gasteiger partial charge in [0.25, 0.3) is 5.91 Å². The SMILES string of the molecule is CCOC(=O)CNC(=O)CN1CCN(C(=O)c2ccc(OC(=O)c3ccc(NC(=N)N)cc3)cc2)CC1.Cl.Cl. The number of hydrogen-bond donors (Lipinski definition) is 4. The number of carbonyl (C=O) groups is 4. The number of carbonyl (C=O) groups excluding carboxylic acids is 4. The summed E-state index contributed by atoms with van der Waals surface area (Å²) in [7, 11) is 0. The molecule has 3 rings (SSSR count). The molecule has 12 nitrogen and oxygen atoms in total. The number of piperazine rings is 1. The average Bonchev–Trinajstić information content (AvgIpc) is 2.88. The second-order valence-corrected chi connectivity index (χ2v) is 8.18. The van der Waals surface area contributed by atoms with E-state index in [4.69, 9.17) is 20.6 Å². The molecule has 0 saturated carbocycles. The molecule has 39 heavy (non-hydrogen) atoms. The molecule has 1 aliphatic heterocycles. The molecule has 0 bridgehead atoms. The zero-order valence-electron chi connectivity index (χ0n) is 21.3. The van der Waals surface area contributed by atoms with Crippen LogP contribution >= 0.6 is 24.8 Å². The molecular weight excluding hydrogens is 551 g/mol. The lowest BCUT2D eigenvalue weighted by molar-refractivity contribution is -0.143. The van der Waals surface area contributed by atoms with Gasteiger partial charge in [-0.15, -0.1) is 24.8 Å². The van der Waals surface area contributed by atoms with Crippen LogP contribution in [0.5, 0.6) is 5.75 Å². The van der Waals surface area contributed by atoms with Gasteiger partial charge in [-0.1, -0.05) is 0 Å². The molecule has 2 aromatic carbocycles. The fraction of sp³-hybridized carbons (Fsp3) is 0.320. The second-order valence-electron chi connectivity index (χ2n) is 8.18. The van der Waals surface area contributed by atoms with Crippen molar-refractivity contribution in [2.45, 2.75) is 6.92 Å². The highest BCUT2D eigenvalue weighted by molar-refractivity contribution is 5.95. The molecule has 1 fully saturated rings. The van der Waals surface area contributed by atoms with Crippen molar-refractivity contribution in [3.63, 3.8) is 0 Å². The molecule has 212 valence electrons. The van der Waals surface area contributed by atoms with Gasteiger partial charge in [0.15, 0.2) is 5.96 Å². The van der Waals surface area contributed by atoms with Crippen LogP contribution < -0.4 is 21.1 Å². The first-order chi connectivity index (χ1) is 17.7. The molecule has 0 unspecified atom stereocenters. The number of rotatable bonds is 9. The molecular formula is C25H32Cl2N6O6. The molecule has 0 spiro atoms. The fourth-order valence-corrected chi connectivity index (χ4v) is 3.61. The van der Waals surface area contributed by atoms with E-state index in [0.29, 0.717) is 48.7 Å². The van der Waals surface area contributed by atoms with Gasteiger partial charge >= 0.3 is 11.9 Å². The first-order valence-corrected chi connectivity index (χ1v) is 11.7. The van der Waals surface area contributed by atoms with E-state index in [-0.39, 0.29) is 62.3 Å². The summed E-state index contributed by atoms with van der Waals surface area (Å²) in [6, 6.07) is 12.6. The predicted octanol–water partition coefficient (Wildman–Crippen LogP) is 1.49. The molecule has 0 atom stereocenters. The minimum Gasteiger partial charge on any atom is -0.465 e. The molecule has 1 aliphatic rings. The maximum atomic E-state index is 12.9. The van der Waals surface area contributed by atoms with Gasteiger partial charge in [-0.05, 0) is 55.5 Å². The Labute approximate surface area is 238 Å². The number of nitrogens with zero attached hydrogens (tertiary/aromatic N) is 2. The molecule has 1 heterocycles. The second kappa shape index (κ2) is 16.2. The lowest BCUT2D eigenvalue weighted by Crippen LogP contribution is -2.51. The first kappa shape index (κ1) is 33.2. The van der Waals surface area contributed by atoms with Crippen molar-refractivity contribution in [2.24, 2.45) is 5.73 Å². The predicted molar refractivity (Wildman–Crippen MR) is 150 cm³/mol. The number of nitrogens with one attached hydrogen (secondary N) is 3. The van der Waals surface area contributed by atoms with E-state index in [1.807, 2.05) is 4.90 Å². The Morgan fingerprint density at radius 1 is 0.923 bits per heavy atom. The van der Waals surface area contributed by atoms with E-state index >= 15 is 0 Å². The Morgan fingerprint density at radius 3 is 2.08 bits per heavy atom. The minimum absolute atomic E-state index is 0. The monoisotopic (exact) mass is 582 g/mol. The smallest absolute Gasteiger partial charge is 0.343 e. The quantitative estimate of drug-likeness (QED) is 0.148. The maximum Gasteiger partial charge on any atom is 0.343 e. The van der Waals surface area contributed by atoms with Crippen molar-refractivity contribution in [1.29, 1.82) is 5.41 Å². The van der Waals surface area contributed by atoms with Gasteiger partial charge < -0.3 is 30.7 Å². The lowest BCUT2D eigenvalue weighted by Gasteiger charge is -2.34. The topological polar surface area (TPSA) is 167 Å². The van der Waals surface area contributed by atoms with Crippen LogP contribution in [0.1, 0.15) is 27.6 Å². The number of guanidine groups is 1. The lowest BCUT2D eigenvalue weighted by atomic mass is 10.1. The minimum atomic E-state index is -0.559. The van der Waals surface area contributed by atoms with Gasteiger partial charge in [0.1, 0.15) is 12.3 Å². The van der Waals surface area contributed by atoms with Crippen LogP contribution in [0.15, 0.2) is 48.5 Å². The van der Waals surface area contributed by atoms with Crippen LogP contribution in [0, 0.1) is 5.41 Å². The highest BCUT2D eigenvalue weighted by Crippen LogP contribution is 2.17. The van der Waals surface area contributed by atoms with E-state index in [0.717, 1.165) is 0 Å². The maximum absolute atomic E-state index is 12.9. The summed E-state index contributed by atoms with van der Waals surface area (Å²) >= 11 is 0. The van der Waals surface area contributed by atoms with Gasteiger partial charge in [-0.3, -0.25) is 24.7 Å². The van der Waals surface area contributed by atoms with Crippen molar-refractivity contribution in [1.82, 2.24) is 15.1 Å². The molecule has 2 amide bonds. The summed E-state index contributed by atoms with van der Waals surface area (Å²) < 4.78 is 10.2. The molecule has 5 N–H and O–H groups in total. The van der Waals surface area contributed by atoms with Crippen LogP contribution in [0.2, 0.25) is 0 Å². The number of nitrogens with two attached hydrogens (primary N) is 1. The summed E-state index contributed by atoms with van der Waals surface area (Å²) in [5.41, 5.74) is 6.63. The number of esters is 2. The van der Waals surface area contributed by atoms with Crippen LogP contribution in [0.4, 0.5) is 5.69 Å². The van der Waals surface area contributed by atoms with Crippen molar-refractivity contribution in [3.8, 4) is 5.75 Å². The Morgan fingerprint density at radius 2 is 1.51 bits per heavy atom. The van der Waals surface area contributed by atoms with E-state index in [1.54, 1.807) is 60.4 Å². The third kappa shape index (κ3) is 10.4. The Bertz CT molecular complexity index is 1140. The largest absolute Gasteiger partial charge is 0.465 e. The van der Waals surface area contributed by atoms with Crippen molar-refractivity contribution < 1.29 is 28.7 Å². The zero-order chi connectivity index (χ0) is 26.8. The van der Waals surface area contributed by atoms with Gasteiger partial charge in [-0.2, -0.15) is 0 Å². The van der Waals surface area contributed by atoms with E-state index in [9.17, 15) is 19.2 Å². The molecule has 14 heteroatoms. The van der Waals surface area contributed by atoms with Crippen LogP contribution in [-0.2, 0) is 14.3 Å². The number of hydrogen-bond acceptors (Lipinski definition) is 8. The van der Waals surface area contributed by atoms with Crippen LogP contribution in [0.3, 0.4) is 0 Å². The van der Waals surface area contributed by atoms with E-state index in [2.05, 4.69) is 10.6 Å². The standard InChI is InChI=1S/C25H30N6O6.2ClH/c1-2-36-22(33)15-28-21(32)16-30-11-13-31(14-12-30)23(34)17-5-9-20(10-6-17)37-24(35)18-3-7-19(8-4-18)29-25(26)27;;/h3-10H,2,11-16H2,1H3,(H,28,32)(H4,26,27,29);2*1H. The molecule has 1 saturated heterocycles. The van der Waals surface area contributed by atoms with E-state index in [1.165, 1.54) is 0 Å². The summed E-state index contributed by atoms with van der Waals surface area (Å²) in [4.78, 5) is 52.2. The van der Waals surface area contributed by atoms with Gasteiger partial charge in [0.05, 0.1) is 18.7 Å². The molecule has 0 aliphatic carbocycles. The highest BCUT2D eigenvalue weighted by Gasteiger charge is 2.23. The van der Waals surface area contributed by atoms with E-state index < -0.39 is 11.9 Å². The third-order valence-electron chi connectivity index (χ3n) is 5.47. The first-order valence-electron chi connectivity index (χ1n) is 11.7. The Hall–Kier alpha value is -3.87. The summed E-state index contributed by atoms with van der Waals surface area (Å²) in [6.45, 7) is 3.88. The summed E-state index contributed by atoms with van der Waals surface area (Å²) in [6.07, 6.45) is 0. The van der Waals surface area contributed by atoms with Gasteiger partial charge in [-0.25, -0.2) is 4.79 Å². The van der Waals surface area contributed by atoms with Crippen LogP contribution in [0.25, 0.3) is 0 Å². The molecule has 0 aromatic heterocycles. The van der Waals surface area contributed by atoms with Crippen molar-refractivity contribution >= 4 is 60.2 Å². The van der Waals surface area contributed by atoms with Crippen molar-refractivity contribution in [2.75, 3.05) is 51.2 Å². The number of halogens is 2. The number of ether oxygens (including phenoxy) is 2. The Balaban J connectivity index is 0.00000380. The highest BCUT2D eigenvalue weighted by atomic mass is 35.5. The number of amides is 2. The molecule has 0 radical (unpaired) electrons. The molecule has 2 aromatic rings.